The predicted molar refractivity (Wildman–Crippen MR) is 117 cm³/mol. The molecule has 9 heteroatoms. The van der Waals surface area contributed by atoms with Gasteiger partial charge < -0.3 is 19.8 Å². The minimum atomic E-state index is -0.575. The van der Waals surface area contributed by atoms with Crippen molar-refractivity contribution < 1.29 is 13.9 Å². The van der Waals surface area contributed by atoms with Gasteiger partial charge in [0.25, 0.3) is 0 Å². The number of aromatic nitrogens is 3. The van der Waals surface area contributed by atoms with Crippen LogP contribution in [0.15, 0.2) is 45.7 Å². The molecule has 158 valence electrons. The van der Waals surface area contributed by atoms with Gasteiger partial charge in [0.2, 0.25) is 5.95 Å². The molecule has 0 radical (unpaired) electrons. The fourth-order valence-electron chi connectivity index (χ4n) is 3.20. The summed E-state index contributed by atoms with van der Waals surface area (Å²) >= 11 is 0. The van der Waals surface area contributed by atoms with E-state index in [4.69, 9.17) is 9.15 Å². The van der Waals surface area contributed by atoms with Gasteiger partial charge in [0.15, 0.2) is 11.4 Å². The third-order valence-electron chi connectivity index (χ3n) is 5.06. The first-order valence-electron chi connectivity index (χ1n) is 9.54. The van der Waals surface area contributed by atoms with Crippen LogP contribution in [-0.2, 0) is 4.74 Å². The zero-order valence-corrected chi connectivity index (χ0v) is 17.5. The Balaban J connectivity index is 1.70. The van der Waals surface area contributed by atoms with Crippen molar-refractivity contribution in [2.24, 2.45) is 0 Å². The van der Waals surface area contributed by atoms with Crippen LogP contribution in [0.1, 0.15) is 27.0 Å². The number of esters is 1. The topological polar surface area (TPSA) is 122 Å². The van der Waals surface area contributed by atoms with Crippen LogP contribution in [0.4, 0.5) is 23.1 Å². The first-order valence-corrected chi connectivity index (χ1v) is 9.54. The van der Waals surface area contributed by atoms with E-state index in [1.165, 1.54) is 18.9 Å². The van der Waals surface area contributed by atoms with Crippen LogP contribution in [-0.4, -0.2) is 28.0 Å². The fraction of sp³-hybridized carbons (Fsp3) is 0.182. The first-order chi connectivity index (χ1) is 14.8. The summed E-state index contributed by atoms with van der Waals surface area (Å²) in [6.45, 7) is 6.15. The van der Waals surface area contributed by atoms with Gasteiger partial charge in [-0.05, 0) is 67.8 Å². The summed E-state index contributed by atoms with van der Waals surface area (Å²) in [6, 6.07) is 9.06. The predicted octanol–water partition coefficient (Wildman–Crippen LogP) is 4.11. The molecule has 0 atom stereocenters. The Morgan fingerprint density at radius 1 is 1.06 bits per heavy atom. The van der Waals surface area contributed by atoms with Gasteiger partial charge in [-0.2, -0.15) is 4.98 Å². The monoisotopic (exact) mass is 419 g/mol. The van der Waals surface area contributed by atoms with E-state index >= 15 is 0 Å². The van der Waals surface area contributed by atoms with Crippen LogP contribution >= 0.6 is 0 Å². The average molecular weight is 419 g/mol. The second-order valence-electron chi connectivity index (χ2n) is 7.16. The number of rotatable bonds is 5. The van der Waals surface area contributed by atoms with Crippen LogP contribution in [0.2, 0.25) is 0 Å². The number of benzene rings is 2. The lowest BCUT2D eigenvalue weighted by Gasteiger charge is -2.13. The number of nitrogens with zero attached hydrogens (tertiary/aromatic N) is 2. The quantitative estimate of drug-likeness (QED) is 0.413. The van der Waals surface area contributed by atoms with E-state index in [0.29, 0.717) is 22.7 Å². The number of nitrogens with one attached hydrogen (secondary N) is 3. The lowest BCUT2D eigenvalue weighted by Crippen LogP contribution is -2.10. The fourth-order valence-corrected chi connectivity index (χ4v) is 3.20. The average Bonchev–Trinajstić information content (AvgIpc) is 3.11. The Bertz CT molecular complexity index is 1330. The molecule has 2 aromatic carbocycles. The van der Waals surface area contributed by atoms with E-state index in [-0.39, 0.29) is 11.4 Å². The van der Waals surface area contributed by atoms with Crippen LogP contribution in [0.3, 0.4) is 0 Å². The molecule has 0 saturated carbocycles. The maximum atomic E-state index is 12.2. The number of aryl methyl sites for hydroxylation is 2. The zero-order chi connectivity index (χ0) is 22.1. The number of fused-ring (bicyclic) bond motifs is 1. The third kappa shape index (κ3) is 4.11. The molecule has 31 heavy (non-hydrogen) atoms. The standard InChI is InChI=1S/C22H21N5O4/c1-11-7-15(8-12(2)13(11)3)25-21-23-10-16(20(28)30-4)19(27-21)24-14-5-6-18-17(9-14)26-22(29)31-18/h5-10H,1-4H3,(H,26,29)(H2,23,24,25,27). The van der Waals surface area contributed by atoms with Crippen molar-refractivity contribution in [1.29, 1.82) is 0 Å². The molecule has 4 aromatic rings. The Labute approximate surface area is 177 Å². The lowest BCUT2D eigenvalue weighted by molar-refractivity contribution is 0.0601. The largest absolute Gasteiger partial charge is 0.465 e. The molecule has 0 fully saturated rings. The van der Waals surface area contributed by atoms with Gasteiger partial charge in [0, 0.05) is 17.6 Å². The summed E-state index contributed by atoms with van der Waals surface area (Å²) in [7, 11) is 1.29. The molecule has 4 rings (SSSR count). The molecular formula is C22H21N5O4. The number of hydrogen-bond donors (Lipinski definition) is 3. The Morgan fingerprint density at radius 3 is 2.52 bits per heavy atom. The number of H-pyrrole nitrogens is 1. The van der Waals surface area contributed by atoms with Crippen molar-refractivity contribution in [2.45, 2.75) is 20.8 Å². The highest BCUT2D eigenvalue weighted by Gasteiger charge is 2.16. The molecule has 0 bridgehead atoms. The lowest BCUT2D eigenvalue weighted by atomic mass is 10.0. The third-order valence-corrected chi connectivity index (χ3v) is 5.06. The smallest absolute Gasteiger partial charge is 0.417 e. The number of aromatic amines is 1. The highest BCUT2D eigenvalue weighted by Crippen LogP contribution is 2.25. The van der Waals surface area contributed by atoms with Crippen LogP contribution < -0.4 is 16.4 Å². The number of ether oxygens (including phenoxy) is 1. The molecule has 0 unspecified atom stereocenters. The molecule has 0 spiro atoms. The van der Waals surface area contributed by atoms with E-state index in [2.05, 4.69) is 32.5 Å². The second kappa shape index (κ2) is 7.94. The number of methoxy groups -OCH3 is 1. The summed E-state index contributed by atoms with van der Waals surface area (Å²) in [5.41, 5.74) is 6.08. The summed E-state index contributed by atoms with van der Waals surface area (Å²) in [4.78, 5) is 34.9. The molecule has 3 N–H and O–H groups in total. The SMILES string of the molecule is COC(=O)c1cnc(Nc2cc(C)c(C)c(C)c2)nc1Nc1ccc2oc(=O)[nH]c2c1. The molecule has 0 aliphatic heterocycles. The molecular weight excluding hydrogens is 398 g/mol. The van der Waals surface area contributed by atoms with Gasteiger partial charge in [0.05, 0.1) is 12.6 Å². The number of anilines is 4. The maximum absolute atomic E-state index is 12.2. The van der Waals surface area contributed by atoms with Crippen molar-refractivity contribution in [3.8, 4) is 0 Å². The second-order valence-corrected chi connectivity index (χ2v) is 7.16. The Kier molecular flexibility index (Phi) is 5.16. The van der Waals surface area contributed by atoms with Crippen molar-refractivity contribution >= 4 is 40.2 Å². The summed E-state index contributed by atoms with van der Waals surface area (Å²) < 4.78 is 9.87. The van der Waals surface area contributed by atoms with E-state index in [1.807, 2.05) is 26.0 Å². The van der Waals surface area contributed by atoms with Gasteiger partial charge in [-0.1, -0.05) is 0 Å². The van der Waals surface area contributed by atoms with Gasteiger partial charge in [-0.15, -0.1) is 0 Å². The molecule has 0 aliphatic carbocycles. The number of carbonyl (C=O) groups is 1. The van der Waals surface area contributed by atoms with E-state index in [9.17, 15) is 9.59 Å². The van der Waals surface area contributed by atoms with E-state index < -0.39 is 11.7 Å². The van der Waals surface area contributed by atoms with Crippen molar-refractivity contribution in [3.63, 3.8) is 0 Å². The van der Waals surface area contributed by atoms with Crippen molar-refractivity contribution in [2.75, 3.05) is 17.7 Å². The molecule has 9 nitrogen and oxygen atoms in total. The Morgan fingerprint density at radius 2 is 1.81 bits per heavy atom. The molecule has 0 aliphatic rings. The van der Waals surface area contributed by atoms with Gasteiger partial charge in [-0.25, -0.2) is 14.6 Å². The summed E-state index contributed by atoms with van der Waals surface area (Å²) in [6.07, 6.45) is 1.40. The molecule has 2 heterocycles. The molecule has 2 aromatic heterocycles. The van der Waals surface area contributed by atoms with Crippen LogP contribution in [0.25, 0.3) is 11.1 Å². The number of oxazole rings is 1. The molecule has 0 saturated heterocycles. The minimum Gasteiger partial charge on any atom is -0.465 e. The van der Waals surface area contributed by atoms with Crippen molar-refractivity contribution in [1.82, 2.24) is 15.0 Å². The zero-order valence-electron chi connectivity index (χ0n) is 17.5. The summed E-state index contributed by atoms with van der Waals surface area (Å²) in [5.74, 6) is -0.542. The molecule has 0 amide bonds. The first kappa shape index (κ1) is 20.1. The number of carbonyl (C=O) groups excluding carboxylic acids is 1. The van der Waals surface area contributed by atoms with Gasteiger partial charge in [-0.3, -0.25) is 4.98 Å². The van der Waals surface area contributed by atoms with Crippen LogP contribution in [0, 0.1) is 20.8 Å². The highest BCUT2D eigenvalue weighted by molar-refractivity contribution is 5.95. The maximum Gasteiger partial charge on any atom is 0.417 e. The van der Waals surface area contributed by atoms with E-state index in [1.54, 1.807) is 18.2 Å². The summed E-state index contributed by atoms with van der Waals surface area (Å²) in [5, 5.41) is 6.27. The van der Waals surface area contributed by atoms with Crippen LogP contribution in [0.5, 0.6) is 0 Å². The Hall–Kier alpha value is -4.14. The highest BCUT2D eigenvalue weighted by atomic mass is 16.5. The van der Waals surface area contributed by atoms with Gasteiger partial charge in [0.1, 0.15) is 5.56 Å². The minimum absolute atomic E-state index is 0.171. The van der Waals surface area contributed by atoms with E-state index in [0.717, 1.165) is 16.8 Å². The van der Waals surface area contributed by atoms with Gasteiger partial charge >= 0.3 is 11.7 Å². The number of hydrogen-bond acceptors (Lipinski definition) is 8. The normalized spacial score (nSPS) is 10.8. The van der Waals surface area contributed by atoms with Crippen molar-refractivity contribution in [3.05, 3.63) is 69.3 Å².